The number of ether oxygens (including phenoxy) is 3. The van der Waals surface area contributed by atoms with Crippen LogP contribution in [0.1, 0.15) is 15.9 Å². The molecule has 0 aromatic heterocycles. The molecule has 0 spiro atoms. The maximum Gasteiger partial charge on any atom is 0.343 e. The SMILES string of the molecule is N#Cc1ccc(-c2ccc(OC(=O)c3ccc4c(c3)OCO4)cc2)cc1. The minimum atomic E-state index is -0.463. The van der Waals surface area contributed by atoms with Crippen LogP contribution < -0.4 is 14.2 Å². The van der Waals surface area contributed by atoms with Gasteiger partial charge in [0, 0.05) is 0 Å². The molecule has 0 aliphatic carbocycles. The number of benzene rings is 3. The van der Waals surface area contributed by atoms with Crippen LogP contribution in [-0.2, 0) is 0 Å². The molecule has 3 aromatic rings. The number of carbonyl (C=O) groups excluding carboxylic acids is 1. The molecule has 126 valence electrons. The Hall–Kier alpha value is -3.78. The highest BCUT2D eigenvalue weighted by atomic mass is 16.7. The molecule has 4 rings (SSSR count). The highest BCUT2D eigenvalue weighted by Gasteiger charge is 2.17. The summed E-state index contributed by atoms with van der Waals surface area (Å²) in [5.41, 5.74) is 2.96. The molecule has 1 heterocycles. The monoisotopic (exact) mass is 343 g/mol. The number of hydrogen-bond donors (Lipinski definition) is 0. The molecule has 0 saturated heterocycles. The van der Waals surface area contributed by atoms with Crippen LogP contribution in [0.2, 0.25) is 0 Å². The van der Waals surface area contributed by atoms with E-state index in [0.717, 1.165) is 11.1 Å². The van der Waals surface area contributed by atoms with E-state index in [1.54, 1.807) is 42.5 Å². The maximum atomic E-state index is 12.3. The molecule has 0 atom stereocenters. The van der Waals surface area contributed by atoms with E-state index < -0.39 is 5.97 Å². The highest BCUT2D eigenvalue weighted by Crippen LogP contribution is 2.33. The average Bonchev–Trinajstić information content (AvgIpc) is 3.16. The van der Waals surface area contributed by atoms with Crippen molar-refractivity contribution in [2.24, 2.45) is 0 Å². The average molecular weight is 343 g/mol. The predicted octanol–water partition coefficient (Wildman–Crippen LogP) is 4.17. The van der Waals surface area contributed by atoms with Crippen LogP contribution in [0, 0.1) is 11.3 Å². The van der Waals surface area contributed by atoms with Gasteiger partial charge in [0.2, 0.25) is 6.79 Å². The van der Waals surface area contributed by atoms with Gasteiger partial charge in [-0.2, -0.15) is 5.26 Å². The number of fused-ring (bicyclic) bond motifs is 1. The molecule has 5 nitrogen and oxygen atoms in total. The molecule has 0 amide bonds. The Balaban J connectivity index is 1.48. The van der Waals surface area contributed by atoms with Crippen molar-refractivity contribution in [1.29, 1.82) is 5.26 Å². The molecule has 0 N–H and O–H groups in total. The van der Waals surface area contributed by atoms with Gasteiger partial charge in [0.05, 0.1) is 17.2 Å². The van der Waals surface area contributed by atoms with Crippen LogP contribution in [-0.4, -0.2) is 12.8 Å². The normalized spacial score (nSPS) is 11.7. The van der Waals surface area contributed by atoms with Gasteiger partial charge in [-0.15, -0.1) is 0 Å². The first-order chi connectivity index (χ1) is 12.7. The second-order valence-corrected chi connectivity index (χ2v) is 5.67. The Bertz CT molecular complexity index is 1000. The number of carbonyl (C=O) groups is 1. The number of rotatable bonds is 3. The molecule has 0 unspecified atom stereocenters. The van der Waals surface area contributed by atoms with Gasteiger partial charge in [-0.3, -0.25) is 0 Å². The molecule has 1 aliphatic rings. The van der Waals surface area contributed by atoms with E-state index in [4.69, 9.17) is 19.5 Å². The van der Waals surface area contributed by atoms with Crippen molar-refractivity contribution in [3.8, 4) is 34.4 Å². The Morgan fingerprint density at radius 1 is 0.885 bits per heavy atom. The van der Waals surface area contributed by atoms with Crippen LogP contribution in [0.4, 0.5) is 0 Å². The topological polar surface area (TPSA) is 68.5 Å². The quantitative estimate of drug-likeness (QED) is 0.527. The summed E-state index contributed by atoms with van der Waals surface area (Å²) in [7, 11) is 0. The van der Waals surface area contributed by atoms with E-state index in [9.17, 15) is 4.79 Å². The van der Waals surface area contributed by atoms with E-state index in [0.29, 0.717) is 28.4 Å². The second-order valence-electron chi connectivity index (χ2n) is 5.67. The first kappa shape index (κ1) is 15.7. The van der Waals surface area contributed by atoms with Gasteiger partial charge < -0.3 is 14.2 Å². The molecule has 3 aromatic carbocycles. The summed E-state index contributed by atoms with van der Waals surface area (Å²) in [5.74, 6) is 1.14. The zero-order chi connectivity index (χ0) is 17.9. The Morgan fingerprint density at radius 2 is 1.54 bits per heavy atom. The smallest absolute Gasteiger partial charge is 0.343 e. The van der Waals surface area contributed by atoms with Crippen LogP contribution >= 0.6 is 0 Å². The lowest BCUT2D eigenvalue weighted by Crippen LogP contribution is -2.08. The number of esters is 1. The van der Waals surface area contributed by atoms with Crippen LogP contribution in [0.15, 0.2) is 66.7 Å². The third-order valence-electron chi connectivity index (χ3n) is 4.02. The fourth-order valence-corrected chi connectivity index (χ4v) is 2.64. The third kappa shape index (κ3) is 3.08. The van der Waals surface area contributed by atoms with Crippen molar-refractivity contribution in [1.82, 2.24) is 0 Å². The zero-order valence-corrected chi connectivity index (χ0v) is 13.6. The minimum Gasteiger partial charge on any atom is -0.454 e. The molecule has 0 fully saturated rings. The molecule has 0 radical (unpaired) electrons. The number of nitriles is 1. The van der Waals surface area contributed by atoms with Crippen molar-refractivity contribution in [2.75, 3.05) is 6.79 Å². The summed E-state index contributed by atoms with van der Waals surface area (Å²) in [4.78, 5) is 12.3. The van der Waals surface area contributed by atoms with Crippen molar-refractivity contribution in [3.05, 3.63) is 77.9 Å². The molecular formula is C21H13NO4. The standard InChI is InChI=1S/C21H13NO4/c22-12-14-1-3-15(4-2-14)16-5-8-18(9-6-16)26-21(23)17-7-10-19-20(11-17)25-13-24-19/h1-11H,13H2. The first-order valence-electron chi connectivity index (χ1n) is 7.95. The summed E-state index contributed by atoms with van der Waals surface area (Å²) in [6.45, 7) is 0.157. The predicted molar refractivity (Wildman–Crippen MR) is 94.1 cm³/mol. The number of hydrogen-bond acceptors (Lipinski definition) is 5. The minimum absolute atomic E-state index is 0.157. The van der Waals surface area contributed by atoms with Gasteiger partial charge >= 0.3 is 5.97 Å². The fraction of sp³-hybridized carbons (Fsp3) is 0.0476. The van der Waals surface area contributed by atoms with E-state index in [-0.39, 0.29) is 6.79 Å². The molecular weight excluding hydrogens is 330 g/mol. The number of nitrogens with zero attached hydrogens (tertiary/aromatic N) is 1. The van der Waals surface area contributed by atoms with Crippen molar-refractivity contribution < 1.29 is 19.0 Å². The summed E-state index contributed by atoms with van der Waals surface area (Å²) in [6.07, 6.45) is 0. The van der Waals surface area contributed by atoms with Gasteiger partial charge in [0.15, 0.2) is 11.5 Å². The van der Waals surface area contributed by atoms with E-state index in [1.165, 1.54) is 0 Å². The molecule has 1 aliphatic heterocycles. The second kappa shape index (κ2) is 6.61. The van der Waals surface area contributed by atoms with Crippen LogP contribution in [0.5, 0.6) is 17.2 Å². The summed E-state index contributed by atoms with van der Waals surface area (Å²) >= 11 is 0. The first-order valence-corrected chi connectivity index (χ1v) is 7.95. The highest BCUT2D eigenvalue weighted by molar-refractivity contribution is 5.92. The summed E-state index contributed by atoms with van der Waals surface area (Å²) in [5, 5.41) is 8.85. The van der Waals surface area contributed by atoms with Gasteiger partial charge in [-0.1, -0.05) is 24.3 Å². The lowest BCUT2D eigenvalue weighted by atomic mass is 10.0. The molecule has 0 bridgehead atoms. The van der Waals surface area contributed by atoms with Crippen molar-refractivity contribution in [2.45, 2.75) is 0 Å². The van der Waals surface area contributed by atoms with Crippen molar-refractivity contribution in [3.63, 3.8) is 0 Å². The molecule has 26 heavy (non-hydrogen) atoms. The van der Waals surface area contributed by atoms with Crippen LogP contribution in [0.25, 0.3) is 11.1 Å². The summed E-state index contributed by atoms with van der Waals surface area (Å²) < 4.78 is 15.9. The van der Waals surface area contributed by atoms with E-state index in [1.807, 2.05) is 24.3 Å². The van der Waals surface area contributed by atoms with Gasteiger partial charge in [-0.05, 0) is 53.6 Å². The van der Waals surface area contributed by atoms with Gasteiger partial charge in [0.1, 0.15) is 5.75 Å². The zero-order valence-electron chi connectivity index (χ0n) is 13.6. The van der Waals surface area contributed by atoms with E-state index >= 15 is 0 Å². The van der Waals surface area contributed by atoms with E-state index in [2.05, 4.69) is 6.07 Å². The Morgan fingerprint density at radius 3 is 2.23 bits per heavy atom. The largest absolute Gasteiger partial charge is 0.454 e. The maximum absolute atomic E-state index is 12.3. The van der Waals surface area contributed by atoms with Crippen molar-refractivity contribution >= 4 is 5.97 Å². The Labute approximate surface area is 150 Å². The molecule has 5 heteroatoms. The summed E-state index contributed by atoms with van der Waals surface area (Å²) in [6, 6.07) is 21.5. The lowest BCUT2D eigenvalue weighted by molar-refractivity contribution is 0.0734. The third-order valence-corrected chi connectivity index (χ3v) is 4.02. The van der Waals surface area contributed by atoms with Gasteiger partial charge in [0.25, 0.3) is 0 Å². The fourth-order valence-electron chi connectivity index (χ4n) is 2.64. The lowest BCUT2D eigenvalue weighted by Gasteiger charge is -2.07. The van der Waals surface area contributed by atoms with Crippen LogP contribution in [0.3, 0.4) is 0 Å². The van der Waals surface area contributed by atoms with Gasteiger partial charge in [-0.25, -0.2) is 4.79 Å². The Kier molecular flexibility index (Phi) is 4.00. The molecule has 0 saturated carbocycles.